The van der Waals surface area contributed by atoms with Crippen LogP contribution in [0.5, 0.6) is 0 Å². The topological polar surface area (TPSA) is 17.1 Å². The van der Waals surface area contributed by atoms with Gasteiger partial charge in [-0.1, -0.05) is 61.5 Å². The van der Waals surface area contributed by atoms with E-state index in [9.17, 15) is 4.79 Å². The molecule has 2 aromatic rings. The van der Waals surface area contributed by atoms with Gasteiger partial charge in [-0.3, -0.25) is 4.79 Å². The molecule has 0 fully saturated rings. The largest absolute Gasteiger partial charge is 0.295 e. The highest BCUT2D eigenvalue weighted by Gasteiger charge is 2.02. The first-order valence-corrected chi connectivity index (χ1v) is 6.57. The van der Waals surface area contributed by atoms with Gasteiger partial charge in [0, 0.05) is 0 Å². The van der Waals surface area contributed by atoms with Gasteiger partial charge in [0.15, 0.2) is 5.78 Å². The molecule has 0 spiro atoms. The number of hydrogen-bond donors (Lipinski definition) is 0. The fraction of sp³-hybridized carbons (Fsp3) is 0.167. The normalized spacial score (nSPS) is 11.4. The lowest BCUT2D eigenvalue weighted by molar-refractivity contribution is -0.112. The monoisotopic (exact) mass is 250 g/mol. The molecule has 2 aromatic carbocycles. The van der Waals surface area contributed by atoms with Crippen LogP contribution in [0.2, 0.25) is 0 Å². The summed E-state index contributed by atoms with van der Waals surface area (Å²) in [6.07, 6.45) is 2.59. The van der Waals surface area contributed by atoms with Crippen molar-refractivity contribution >= 4 is 11.4 Å². The molecule has 0 heterocycles. The summed E-state index contributed by atoms with van der Waals surface area (Å²) in [7, 11) is 0. The van der Waals surface area contributed by atoms with E-state index in [-0.39, 0.29) is 5.78 Å². The molecule has 96 valence electrons. The Balaban J connectivity index is 2.31. The third-order valence-corrected chi connectivity index (χ3v) is 3.12. The molecule has 0 bridgehead atoms. The molecule has 1 heteroatoms. The summed E-state index contributed by atoms with van der Waals surface area (Å²) < 4.78 is 0. The fourth-order valence-corrected chi connectivity index (χ4v) is 2.14. The summed E-state index contributed by atoms with van der Waals surface area (Å²) in [5.41, 5.74) is 4.62. The van der Waals surface area contributed by atoms with Crippen molar-refractivity contribution in [3.05, 3.63) is 66.2 Å². The molecule has 19 heavy (non-hydrogen) atoms. The molecular formula is C18H18O. The number of ketones is 1. The molecule has 0 amide bonds. The summed E-state index contributed by atoms with van der Waals surface area (Å²) in [6.45, 7) is 3.66. The van der Waals surface area contributed by atoms with Crippen molar-refractivity contribution in [2.24, 2.45) is 0 Å². The zero-order valence-electron chi connectivity index (χ0n) is 11.4. The van der Waals surface area contributed by atoms with Gasteiger partial charge in [0.2, 0.25) is 0 Å². The minimum Gasteiger partial charge on any atom is -0.295 e. The molecule has 0 aliphatic heterocycles. The lowest BCUT2D eigenvalue weighted by atomic mass is 9.98. The van der Waals surface area contributed by atoms with Crippen LogP contribution in [0, 0.1) is 0 Å². The van der Waals surface area contributed by atoms with E-state index in [1.165, 1.54) is 11.1 Å². The van der Waals surface area contributed by atoms with Gasteiger partial charge in [-0.25, -0.2) is 0 Å². The molecule has 0 aliphatic carbocycles. The van der Waals surface area contributed by atoms with Crippen LogP contribution in [0.15, 0.2) is 60.7 Å². The second kappa shape index (κ2) is 6.14. The van der Waals surface area contributed by atoms with E-state index in [0.29, 0.717) is 0 Å². The minimum atomic E-state index is 0.101. The van der Waals surface area contributed by atoms with E-state index < -0.39 is 0 Å². The van der Waals surface area contributed by atoms with Crippen molar-refractivity contribution in [1.82, 2.24) is 0 Å². The molecule has 0 atom stereocenters. The van der Waals surface area contributed by atoms with E-state index in [4.69, 9.17) is 0 Å². The summed E-state index contributed by atoms with van der Waals surface area (Å²) in [5.74, 6) is 0.101. The summed E-state index contributed by atoms with van der Waals surface area (Å²) in [5, 5.41) is 0. The number of hydrogen-bond acceptors (Lipinski definition) is 1. The van der Waals surface area contributed by atoms with Gasteiger partial charge in [0.05, 0.1) is 0 Å². The first-order chi connectivity index (χ1) is 9.20. The maximum Gasteiger partial charge on any atom is 0.152 e. The van der Waals surface area contributed by atoms with Crippen LogP contribution >= 0.6 is 0 Å². The second-order valence-electron chi connectivity index (χ2n) is 4.58. The molecule has 2 rings (SSSR count). The van der Waals surface area contributed by atoms with Crippen molar-refractivity contribution < 1.29 is 4.79 Å². The van der Waals surface area contributed by atoms with Crippen LogP contribution in [0.1, 0.15) is 25.8 Å². The predicted molar refractivity (Wildman–Crippen MR) is 80.8 cm³/mol. The van der Waals surface area contributed by atoms with Crippen LogP contribution in [0.4, 0.5) is 0 Å². The first kappa shape index (κ1) is 13.3. The molecule has 0 aliphatic rings. The van der Waals surface area contributed by atoms with Crippen molar-refractivity contribution in [3.63, 3.8) is 0 Å². The minimum absolute atomic E-state index is 0.101. The van der Waals surface area contributed by atoms with Crippen LogP contribution in [-0.2, 0) is 4.79 Å². The third kappa shape index (κ3) is 3.41. The highest BCUT2D eigenvalue weighted by molar-refractivity contribution is 5.95. The van der Waals surface area contributed by atoms with E-state index in [1.54, 1.807) is 13.0 Å². The molecule has 0 unspecified atom stereocenters. The molecule has 0 radical (unpaired) electrons. The highest BCUT2D eigenvalue weighted by Crippen LogP contribution is 2.23. The Labute approximate surface area is 114 Å². The molecule has 0 saturated carbocycles. The molecular weight excluding hydrogens is 232 g/mol. The highest BCUT2D eigenvalue weighted by atomic mass is 16.1. The number of rotatable bonds is 4. The smallest absolute Gasteiger partial charge is 0.152 e. The van der Waals surface area contributed by atoms with Crippen molar-refractivity contribution in [2.75, 3.05) is 0 Å². The Morgan fingerprint density at radius 1 is 0.947 bits per heavy atom. The first-order valence-electron chi connectivity index (χ1n) is 6.57. The van der Waals surface area contributed by atoms with Gasteiger partial charge in [-0.2, -0.15) is 0 Å². The standard InChI is InChI=1S/C18H18O/c1-3-15(13-14(2)19)17-9-11-18(12-10-17)16-7-5-4-6-8-16/h4-13H,3H2,1-2H3. The lowest BCUT2D eigenvalue weighted by Crippen LogP contribution is -1.89. The quantitative estimate of drug-likeness (QED) is 0.716. The van der Waals surface area contributed by atoms with E-state index in [2.05, 4.69) is 43.3 Å². The van der Waals surface area contributed by atoms with Gasteiger partial charge in [-0.15, -0.1) is 0 Å². The molecule has 1 nitrogen and oxygen atoms in total. The average molecular weight is 250 g/mol. The molecule has 0 aromatic heterocycles. The Morgan fingerprint density at radius 3 is 2.05 bits per heavy atom. The van der Waals surface area contributed by atoms with E-state index in [1.807, 2.05) is 18.2 Å². The van der Waals surface area contributed by atoms with Crippen LogP contribution in [0.3, 0.4) is 0 Å². The van der Waals surface area contributed by atoms with Crippen molar-refractivity contribution in [3.8, 4) is 11.1 Å². The molecule has 0 saturated heterocycles. The number of carbonyl (C=O) groups excluding carboxylic acids is 1. The number of allylic oxidation sites excluding steroid dienone is 2. The Hall–Kier alpha value is -2.15. The Morgan fingerprint density at radius 2 is 1.53 bits per heavy atom. The van der Waals surface area contributed by atoms with E-state index >= 15 is 0 Å². The lowest BCUT2D eigenvalue weighted by Gasteiger charge is -2.06. The van der Waals surface area contributed by atoms with Gasteiger partial charge in [0.25, 0.3) is 0 Å². The van der Waals surface area contributed by atoms with Gasteiger partial charge < -0.3 is 0 Å². The van der Waals surface area contributed by atoms with Crippen molar-refractivity contribution in [1.29, 1.82) is 0 Å². The van der Waals surface area contributed by atoms with Gasteiger partial charge in [-0.05, 0) is 41.7 Å². The maximum atomic E-state index is 11.2. The van der Waals surface area contributed by atoms with Crippen molar-refractivity contribution in [2.45, 2.75) is 20.3 Å². The van der Waals surface area contributed by atoms with E-state index in [0.717, 1.165) is 17.6 Å². The fourth-order valence-electron chi connectivity index (χ4n) is 2.14. The Kier molecular flexibility index (Phi) is 4.30. The van der Waals surface area contributed by atoms with Crippen LogP contribution < -0.4 is 0 Å². The third-order valence-electron chi connectivity index (χ3n) is 3.12. The molecule has 0 N–H and O–H groups in total. The summed E-state index contributed by atoms with van der Waals surface area (Å²) in [4.78, 5) is 11.2. The second-order valence-corrected chi connectivity index (χ2v) is 4.58. The Bertz CT molecular complexity index is 577. The number of benzene rings is 2. The van der Waals surface area contributed by atoms with Gasteiger partial charge in [0.1, 0.15) is 0 Å². The average Bonchev–Trinajstić information content (AvgIpc) is 2.46. The maximum absolute atomic E-state index is 11.2. The van der Waals surface area contributed by atoms with Crippen LogP contribution in [-0.4, -0.2) is 5.78 Å². The zero-order chi connectivity index (χ0) is 13.7. The van der Waals surface area contributed by atoms with Crippen LogP contribution in [0.25, 0.3) is 16.7 Å². The summed E-state index contributed by atoms with van der Waals surface area (Å²) in [6, 6.07) is 18.7. The van der Waals surface area contributed by atoms with Gasteiger partial charge >= 0.3 is 0 Å². The summed E-state index contributed by atoms with van der Waals surface area (Å²) >= 11 is 0. The SMILES string of the molecule is CCC(=CC(C)=O)c1ccc(-c2ccccc2)cc1. The predicted octanol–water partition coefficient (Wildman–Crippen LogP) is 4.74. The zero-order valence-corrected chi connectivity index (χ0v) is 11.4. The number of carbonyl (C=O) groups is 1.